The van der Waals surface area contributed by atoms with E-state index in [1.807, 2.05) is 45.0 Å². The maximum Gasteiger partial charge on any atom is 0.410 e. The molecule has 1 aliphatic heterocycles. The van der Waals surface area contributed by atoms with Crippen LogP contribution in [0.1, 0.15) is 56.5 Å². The predicted octanol–water partition coefficient (Wildman–Crippen LogP) is 5.68. The van der Waals surface area contributed by atoms with Gasteiger partial charge in [-0.1, -0.05) is 16.8 Å². The standard InChI is InChI=1S/C22H29ClIN3O3/c1-22(2,3)29-21(28)27-9-7-15(8-10-27)20-12-18(30-25-20)14-26(4)13-16-11-17(23)5-6-19(16)24/h5-6,11-12,15H,7-10,13-14H2,1-4H3. The van der Waals surface area contributed by atoms with Gasteiger partial charge < -0.3 is 14.2 Å². The highest BCUT2D eigenvalue weighted by molar-refractivity contribution is 14.1. The van der Waals surface area contributed by atoms with E-state index in [2.05, 4.69) is 39.7 Å². The molecule has 164 valence electrons. The van der Waals surface area contributed by atoms with Crippen LogP contribution in [-0.2, 0) is 17.8 Å². The highest BCUT2D eigenvalue weighted by Crippen LogP contribution is 2.29. The number of benzene rings is 1. The van der Waals surface area contributed by atoms with E-state index in [9.17, 15) is 4.79 Å². The van der Waals surface area contributed by atoms with Crippen molar-refractivity contribution in [3.63, 3.8) is 0 Å². The van der Waals surface area contributed by atoms with Crippen LogP contribution in [0.25, 0.3) is 0 Å². The van der Waals surface area contributed by atoms with E-state index in [1.54, 1.807) is 4.90 Å². The normalized spacial score (nSPS) is 15.6. The Morgan fingerprint density at radius 3 is 2.67 bits per heavy atom. The Bertz CT molecular complexity index is 873. The fraction of sp³-hybridized carbons (Fsp3) is 0.545. The zero-order chi connectivity index (χ0) is 21.9. The van der Waals surface area contributed by atoms with E-state index >= 15 is 0 Å². The Morgan fingerprint density at radius 1 is 1.30 bits per heavy atom. The molecule has 0 aliphatic carbocycles. The molecule has 1 aromatic heterocycles. The van der Waals surface area contributed by atoms with Crippen molar-refractivity contribution in [2.45, 2.75) is 58.2 Å². The number of likely N-dealkylation sites (tertiary alicyclic amines) is 1. The summed E-state index contributed by atoms with van der Waals surface area (Å²) in [5.41, 5.74) is 1.70. The quantitative estimate of drug-likeness (QED) is 0.453. The van der Waals surface area contributed by atoms with Crippen molar-refractivity contribution in [1.29, 1.82) is 0 Å². The molecule has 30 heavy (non-hydrogen) atoms. The fourth-order valence-electron chi connectivity index (χ4n) is 3.56. The molecule has 0 saturated carbocycles. The summed E-state index contributed by atoms with van der Waals surface area (Å²) < 4.78 is 12.3. The second-order valence-electron chi connectivity index (χ2n) is 8.87. The van der Waals surface area contributed by atoms with Gasteiger partial charge >= 0.3 is 6.09 Å². The van der Waals surface area contributed by atoms with Crippen LogP contribution in [0.2, 0.25) is 5.02 Å². The van der Waals surface area contributed by atoms with Gasteiger partial charge in [0.2, 0.25) is 0 Å². The minimum Gasteiger partial charge on any atom is -0.444 e. The van der Waals surface area contributed by atoms with Crippen LogP contribution in [0.3, 0.4) is 0 Å². The Hall–Kier alpha value is -1.32. The van der Waals surface area contributed by atoms with Crippen LogP contribution >= 0.6 is 34.2 Å². The summed E-state index contributed by atoms with van der Waals surface area (Å²) >= 11 is 8.46. The first-order valence-electron chi connectivity index (χ1n) is 10.2. The number of halogens is 2. The molecule has 0 N–H and O–H groups in total. The first kappa shape index (κ1) is 23.3. The number of aromatic nitrogens is 1. The van der Waals surface area contributed by atoms with E-state index in [1.165, 1.54) is 9.13 Å². The molecule has 1 saturated heterocycles. The van der Waals surface area contributed by atoms with Gasteiger partial charge in [0.1, 0.15) is 5.60 Å². The molecule has 0 atom stereocenters. The number of carbonyl (C=O) groups excluding carboxylic acids is 1. The van der Waals surface area contributed by atoms with Crippen LogP contribution in [-0.4, -0.2) is 46.8 Å². The third-order valence-corrected chi connectivity index (χ3v) is 6.30. The summed E-state index contributed by atoms with van der Waals surface area (Å²) in [6, 6.07) is 7.99. The van der Waals surface area contributed by atoms with Crippen molar-refractivity contribution in [1.82, 2.24) is 15.0 Å². The molecule has 2 heterocycles. The van der Waals surface area contributed by atoms with Crippen LogP contribution in [0, 0.1) is 3.57 Å². The summed E-state index contributed by atoms with van der Waals surface area (Å²) in [4.78, 5) is 16.2. The Morgan fingerprint density at radius 2 is 2.00 bits per heavy atom. The second-order valence-corrected chi connectivity index (χ2v) is 10.5. The molecular formula is C22H29ClIN3O3. The maximum absolute atomic E-state index is 12.2. The highest BCUT2D eigenvalue weighted by Gasteiger charge is 2.29. The van der Waals surface area contributed by atoms with Gasteiger partial charge in [0.25, 0.3) is 0 Å². The van der Waals surface area contributed by atoms with Crippen LogP contribution in [0.5, 0.6) is 0 Å². The van der Waals surface area contributed by atoms with Crippen LogP contribution in [0.15, 0.2) is 28.8 Å². The van der Waals surface area contributed by atoms with Gasteiger partial charge in [0.05, 0.1) is 12.2 Å². The number of ether oxygens (including phenoxy) is 1. The van der Waals surface area contributed by atoms with E-state index < -0.39 is 5.60 Å². The van der Waals surface area contributed by atoms with E-state index in [0.29, 0.717) is 25.6 Å². The summed E-state index contributed by atoms with van der Waals surface area (Å²) in [5, 5.41) is 5.05. The monoisotopic (exact) mass is 545 g/mol. The number of hydrogen-bond acceptors (Lipinski definition) is 5. The Kier molecular flexibility index (Phi) is 7.68. The summed E-state index contributed by atoms with van der Waals surface area (Å²) in [6.45, 7) is 8.47. The number of hydrogen-bond donors (Lipinski definition) is 0. The summed E-state index contributed by atoms with van der Waals surface area (Å²) in [6.07, 6.45) is 1.49. The van der Waals surface area contributed by atoms with Gasteiger partial charge in [0.15, 0.2) is 5.76 Å². The topological polar surface area (TPSA) is 58.8 Å². The van der Waals surface area contributed by atoms with E-state index in [0.717, 1.165) is 35.9 Å². The van der Waals surface area contributed by atoms with Crippen molar-refractivity contribution in [3.8, 4) is 0 Å². The molecule has 1 aliphatic rings. The van der Waals surface area contributed by atoms with Gasteiger partial charge in [0, 0.05) is 40.2 Å². The molecule has 0 radical (unpaired) electrons. The molecule has 1 amide bonds. The SMILES string of the molecule is CN(Cc1cc(C2CCN(C(=O)OC(C)(C)C)CC2)no1)Cc1cc(Cl)ccc1I. The first-order chi connectivity index (χ1) is 14.1. The van der Waals surface area contributed by atoms with Gasteiger partial charge in [-0.15, -0.1) is 0 Å². The largest absolute Gasteiger partial charge is 0.444 e. The minimum absolute atomic E-state index is 0.237. The molecule has 8 heteroatoms. The number of rotatable bonds is 5. The van der Waals surface area contributed by atoms with Gasteiger partial charge in [-0.3, -0.25) is 4.90 Å². The molecular weight excluding hydrogens is 517 g/mol. The number of carbonyl (C=O) groups is 1. The smallest absolute Gasteiger partial charge is 0.410 e. The molecule has 3 rings (SSSR count). The lowest BCUT2D eigenvalue weighted by Crippen LogP contribution is -2.41. The predicted molar refractivity (Wildman–Crippen MR) is 126 cm³/mol. The molecule has 1 fully saturated rings. The average Bonchev–Trinajstić information content (AvgIpc) is 3.12. The molecule has 2 aromatic rings. The van der Waals surface area contributed by atoms with Crippen molar-refractivity contribution in [3.05, 3.63) is 49.9 Å². The van der Waals surface area contributed by atoms with Crippen LogP contribution in [0.4, 0.5) is 4.79 Å². The highest BCUT2D eigenvalue weighted by atomic mass is 127. The molecule has 0 unspecified atom stereocenters. The fourth-order valence-corrected chi connectivity index (χ4v) is 4.26. The maximum atomic E-state index is 12.2. The van der Waals surface area contributed by atoms with Crippen LogP contribution < -0.4 is 0 Å². The number of amides is 1. The number of piperidine rings is 1. The molecule has 0 spiro atoms. The summed E-state index contributed by atoms with van der Waals surface area (Å²) in [7, 11) is 2.05. The van der Waals surface area contributed by atoms with Crippen molar-refractivity contribution in [2.75, 3.05) is 20.1 Å². The van der Waals surface area contributed by atoms with Crippen molar-refractivity contribution in [2.24, 2.45) is 0 Å². The Balaban J connectivity index is 1.52. The minimum atomic E-state index is -0.468. The van der Waals surface area contributed by atoms with Gasteiger partial charge in [-0.05, 0) is 87.0 Å². The third-order valence-electron chi connectivity index (χ3n) is 5.02. The van der Waals surface area contributed by atoms with Gasteiger partial charge in [-0.25, -0.2) is 4.79 Å². The van der Waals surface area contributed by atoms with E-state index in [4.69, 9.17) is 20.9 Å². The third kappa shape index (κ3) is 6.59. The Labute approximate surface area is 197 Å². The molecule has 1 aromatic carbocycles. The lowest BCUT2D eigenvalue weighted by Gasteiger charge is -2.32. The zero-order valence-electron chi connectivity index (χ0n) is 18.0. The number of nitrogens with zero attached hydrogens (tertiary/aromatic N) is 3. The van der Waals surface area contributed by atoms with Gasteiger partial charge in [-0.2, -0.15) is 0 Å². The zero-order valence-corrected chi connectivity index (χ0v) is 20.9. The first-order valence-corrected chi connectivity index (χ1v) is 11.6. The molecule has 6 nitrogen and oxygen atoms in total. The summed E-state index contributed by atoms with van der Waals surface area (Å²) in [5.74, 6) is 1.15. The second kappa shape index (κ2) is 9.87. The van der Waals surface area contributed by atoms with Crippen molar-refractivity contribution < 1.29 is 14.1 Å². The van der Waals surface area contributed by atoms with Crippen molar-refractivity contribution >= 4 is 40.3 Å². The lowest BCUT2D eigenvalue weighted by molar-refractivity contribution is 0.0203. The molecule has 0 bridgehead atoms. The lowest BCUT2D eigenvalue weighted by atomic mass is 9.93. The van der Waals surface area contributed by atoms with E-state index in [-0.39, 0.29) is 6.09 Å². The average molecular weight is 546 g/mol.